The van der Waals surface area contributed by atoms with Gasteiger partial charge < -0.3 is 15.5 Å². The maximum Gasteiger partial charge on any atom is 0.406 e. The molecule has 0 radical (unpaired) electrons. The minimum Gasteiger partial charge on any atom is -0.340 e. The van der Waals surface area contributed by atoms with Crippen LogP contribution in [0, 0.1) is 23.3 Å². The molecule has 15 heteroatoms. The SMILES string of the molecule is C[C@@H]1[C@H](c2c(F)c(F)cc(F)c2F)C[C@H](NC(=O)c2cnc3c(c2)CC2(C3)C(=O)Nc3ncccc32)C(=O)N1CC(F)(F)F. The lowest BCUT2D eigenvalue weighted by Crippen LogP contribution is -2.60. The average molecular weight is 622 g/mol. The van der Waals surface area contributed by atoms with E-state index in [0.717, 1.165) is 6.92 Å². The third kappa shape index (κ3) is 4.74. The van der Waals surface area contributed by atoms with E-state index in [0.29, 0.717) is 22.6 Å². The summed E-state index contributed by atoms with van der Waals surface area (Å²) < 4.78 is 97.9. The highest BCUT2D eigenvalue weighted by atomic mass is 19.4. The van der Waals surface area contributed by atoms with E-state index in [9.17, 15) is 45.1 Å². The van der Waals surface area contributed by atoms with Crippen molar-refractivity contribution < 1.29 is 45.1 Å². The third-order valence-electron chi connectivity index (χ3n) is 8.59. The Morgan fingerprint density at radius 2 is 1.80 bits per heavy atom. The summed E-state index contributed by atoms with van der Waals surface area (Å²) in [6.45, 7) is -0.765. The van der Waals surface area contributed by atoms with Crippen molar-refractivity contribution in [3.05, 3.63) is 87.9 Å². The molecule has 1 aromatic carbocycles. The van der Waals surface area contributed by atoms with Gasteiger partial charge in [0.05, 0.1) is 11.0 Å². The molecule has 3 aromatic rings. The molecule has 0 saturated carbocycles. The fourth-order valence-electron chi connectivity index (χ4n) is 6.46. The number of aromatic nitrogens is 2. The van der Waals surface area contributed by atoms with Gasteiger partial charge in [0, 0.05) is 53.7 Å². The summed E-state index contributed by atoms with van der Waals surface area (Å²) in [5.74, 6) is -10.8. The van der Waals surface area contributed by atoms with Gasteiger partial charge >= 0.3 is 6.18 Å². The summed E-state index contributed by atoms with van der Waals surface area (Å²) in [6.07, 6.45) is -2.49. The molecule has 230 valence electrons. The Bertz CT molecular complexity index is 1710. The number of benzene rings is 1. The molecule has 4 atom stereocenters. The molecular formula is C29H22F7N5O3. The lowest BCUT2D eigenvalue weighted by Gasteiger charge is -2.43. The maximum absolute atomic E-state index is 14.8. The first-order valence-electron chi connectivity index (χ1n) is 13.5. The number of likely N-dealkylation sites (tertiary alicyclic amines) is 1. The smallest absolute Gasteiger partial charge is 0.340 e. The van der Waals surface area contributed by atoms with Crippen LogP contribution in [0.4, 0.5) is 36.6 Å². The number of pyridine rings is 2. The number of rotatable bonds is 4. The van der Waals surface area contributed by atoms with Crippen LogP contribution in [0.5, 0.6) is 0 Å². The summed E-state index contributed by atoms with van der Waals surface area (Å²) in [5, 5.41) is 5.04. The van der Waals surface area contributed by atoms with Crippen LogP contribution >= 0.6 is 0 Å². The van der Waals surface area contributed by atoms with E-state index in [1.165, 1.54) is 18.5 Å². The van der Waals surface area contributed by atoms with Crippen LogP contribution < -0.4 is 10.6 Å². The summed E-state index contributed by atoms with van der Waals surface area (Å²) >= 11 is 0. The number of carbonyl (C=O) groups is 3. The van der Waals surface area contributed by atoms with Crippen molar-refractivity contribution in [1.29, 1.82) is 0 Å². The van der Waals surface area contributed by atoms with Gasteiger partial charge in [-0.3, -0.25) is 19.4 Å². The number of nitrogens with one attached hydrogen (secondary N) is 2. The van der Waals surface area contributed by atoms with E-state index in [2.05, 4.69) is 20.6 Å². The van der Waals surface area contributed by atoms with Crippen molar-refractivity contribution in [3.8, 4) is 0 Å². The van der Waals surface area contributed by atoms with Crippen LogP contribution in [0.2, 0.25) is 0 Å². The van der Waals surface area contributed by atoms with Crippen LogP contribution in [0.15, 0.2) is 36.7 Å². The number of alkyl halides is 3. The van der Waals surface area contributed by atoms with E-state index in [-0.39, 0.29) is 35.3 Å². The van der Waals surface area contributed by atoms with Gasteiger partial charge in [-0.25, -0.2) is 22.5 Å². The average Bonchev–Trinajstić information content (AvgIpc) is 3.48. The first kappa shape index (κ1) is 29.5. The monoisotopic (exact) mass is 621 g/mol. The van der Waals surface area contributed by atoms with Gasteiger partial charge in [-0.15, -0.1) is 0 Å². The first-order valence-corrected chi connectivity index (χ1v) is 13.5. The second-order valence-corrected chi connectivity index (χ2v) is 11.2. The fraction of sp³-hybridized carbons (Fsp3) is 0.345. The van der Waals surface area contributed by atoms with Gasteiger partial charge in [-0.2, -0.15) is 13.2 Å². The van der Waals surface area contributed by atoms with E-state index in [1.807, 2.05) is 0 Å². The van der Waals surface area contributed by atoms with Crippen LogP contribution in [0.3, 0.4) is 0 Å². The molecule has 1 aliphatic carbocycles. The molecule has 2 aromatic heterocycles. The van der Waals surface area contributed by atoms with E-state index in [4.69, 9.17) is 0 Å². The molecule has 1 saturated heterocycles. The highest BCUT2D eigenvalue weighted by molar-refractivity contribution is 6.06. The minimum atomic E-state index is -4.94. The van der Waals surface area contributed by atoms with Crippen LogP contribution in [0.1, 0.15) is 52.0 Å². The predicted molar refractivity (Wildman–Crippen MR) is 138 cm³/mol. The molecule has 3 aliphatic rings. The second kappa shape index (κ2) is 10.3. The van der Waals surface area contributed by atoms with Gasteiger partial charge in [-0.05, 0) is 37.5 Å². The minimum absolute atomic E-state index is 0.0329. The Hall–Kier alpha value is -4.56. The zero-order valence-corrected chi connectivity index (χ0v) is 22.7. The molecule has 3 amide bonds. The van der Waals surface area contributed by atoms with Crippen molar-refractivity contribution in [3.63, 3.8) is 0 Å². The molecule has 44 heavy (non-hydrogen) atoms. The fourth-order valence-corrected chi connectivity index (χ4v) is 6.46. The number of nitrogens with zero attached hydrogens (tertiary/aromatic N) is 3. The lowest BCUT2D eigenvalue weighted by atomic mass is 9.80. The molecular weight excluding hydrogens is 599 g/mol. The van der Waals surface area contributed by atoms with Gasteiger partial charge in [-0.1, -0.05) is 6.07 Å². The number of halogens is 7. The van der Waals surface area contributed by atoms with Crippen molar-refractivity contribution in [2.45, 2.75) is 55.8 Å². The van der Waals surface area contributed by atoms with Crippen LogP contribution in [-0.2, 0) is 27.8 Å². The van der Waals surface area contributed by atoms with Crippen molar-refractivity contribution in [2.75, 3.05) is 11.9 Å². The molecule has 1 unspecified atom stereocenters. The zero-order valence-electron chi connectivity index (χ0n) is 22.7. The lowest BCUT2D eigenvalue weighted by molar-refractivity contribution is -0.170. The molecule has 0 bridgehead atoms. The highest BCUT2D eigenvalue weighted by Gasteiger charge is 2.52. The Kier molecular flexibility index (Phi) is 6.89. The Morgan fingerprint density at radius 3 is 2.48 bits per heavy atom. The number of fused-ring (bicyclic) bond motifs is 3. The standard InChI is InChI=1S/C29H22F7N5O3/c1-12-15(21-22(32)17(30)7-18(31)23(21)33)6-19(26(43)41(12)11-29(34,35)36)39-25(42)14-5-13-8-28(9-20(13)38-10-14)16-3-2-4-37-24(16)40-27(28)44/h2-5,7,10,12,15,19H,6,8-9,11H2,1H3,(H,39,42)(H,37,40,44)/t12-,15-,19+,28?/m1/s1. The molecule has 8 nitrogen and oxygen atoms in total. The molecule has 1 fully saturated rings. The summed E-state index contributed by atoms with van der Waals surface area (Å²) in [6, 6.07) is 1.56. The highest BCUT2D eigenvalue weighted by Crippen LogP contribution is 2.46. The molecule has 6 rings (SSSR count). The predicted octanol–water partition coefficient (Wildman–Crippen LogP) is 4.09. The Labute approximate surface area is 244 Å². The number of hydrogen-bond donors (Lipinski definition) is 2. The number of carbonyl (C=O) groups excluding carboxylic acids is 3. The van der Waals surface area contributed by atoms with Crippen molar-refractivity contribution >= 4 is 23.5 Å². The number of hydrogen-bond acceptors (Lipinski definition) is 5. The molecule has 2 N–H and O–H groups in total. The normalized spacial score (nSPS) is 24.4. The number of amides is 3. The maximum atomic E-state index is 14.8. The number of anilines is 1. The van der Waals surface area contributed by atoms with Gasteiger partial charge in [0.1, 0.15) is 18.4 Å². The zero-order chi connectivity index (χ0) is 31.7. The summed E-state index contributed by atoms with van der Waals surface area (Å²) in [5.41, 5.74) is -0.507. The summed E-state index contributed by atoms with van der Waals surface area (Å²) in [4.78, 5) is 48.2. The van der Waals surface area contributed by atoms with E-state index < -0.39 is 83.2 Å². The molecule has 4 heterocycles. The van der Waals surface area contributed by atoms with Crippen LogP contribution in [0.25, 0.3) is 0 Å². The van der Waals surface area contributed by atoms with E-state index >= 15 is 0 Å². The number of piperidine rings is 1. The Morgan fingerprint density at radius 1 is 1.09 bits per heavy atom. The quantitative estimate of drug-likeness (QED) is 0.338. The Balaban J connectivity index is 1.29. The van der Waals surface area contributed by atoms with Gasteiger partial charge in [0.25, 0.3) is 5.91 Å². The molecule has 1 spiro atoms. The van der Waals surface area contributed by atoms with E-state index in [1.54, 1.807) is 12.1 Å². The van der Waals surface area contributed by atoms with Crippen molar-refractivity contribution in [1.82, 2.24) is 20.2 Å². The van der Waals surface area contributed by atoms with Crippen LogP contribution in [-0.4, -0.2) is 57.4 Å². The van der Waals surface area contributed by atoms with Gasteiger partial charge in [0.15, 0.2) is 23.3 Å². The summed E-state index contributed by atoms with van der Waals surface area (Å²) in [7, 11) is 0. The topological polar surface area (TPSA) is 104 Å². The molecule has 2 aliphatic heterocycles. The largest absolute Gasteiger partial charge is 0.406 e. The van der Waals surface area contributed by atoms with Crippen molar-refractivity contribution in [2.24, 2.45) is 0 Å². The first-order chi connectivity index (χ1) is 20.7. The van der Waals surface area contributed by atoms with Gasteiger partial charge in [0.2, 0.25) is 11.8 Å². The second-order valence-electron chi connectivity index (χ2n) is 11.2. The third-order valence-corrected chi connectivity index (χ3v) is 8.59.